The first-order valence-corrected chi connectivity index (χ1v) is 12.1. The fraction of sp³-hybridized carbons (Fsp3) is 0.619. The lowest BCUT2D eigenvalue weighted by atomic mass is 10.0. The van der Waals surface area contributed by atoms with Gasteiger partial charge in [0.15, 0.2) is 5.84 Å². The molecule has 1 amide bonds. The highest BCUT2D eigenvalue weighted by molar-refractivity contribution is 7.90. The van der Waals surface area contributed by atoms with Crippen LogP contribution in [0.3, 0.4) is 0 Å². The van der Waals surface area contributed by atoms with Crippen LogP contribution in [-0.4, -0.2) is 68.2 Å². The van der Waals surface area contributed by atoms with Crippen molar-refractivity contribution in [1.82, 2.24) is 15.1 Å². The molecule has 3 aliphatic rings. The minimum atomic E-state index is -3.67. The Bertz CT molecular complexity index is 899. The Labute approximate surface area is 173 Å². The standard InChI is InChI=1S/C21H30N4O3S/c1-16-8-4-5-13-24(16)14-7-12-22-21(26)18-10-6-15-25(18)20-17-9-2-3-11-19(17)29(27,28)23-20/h2-3,9,11,16,18H,4-8,10,12-15H2,1H3,(H,22,26)/t16-,18+/m1/s1. The largest absolute Gasteiger partial charge is 0.354 e. The third-order valence-electron chi connectivity index (χ3n) is 6.30. The van der Waals surface area contributed by atoms with Crippen molar-refractivity contribution in [2.75, 3.05) is 26.2 Å². The Kier molecular flexibility index (Phi) is 5.92. The molecule has 2 saturated heterocycles. The van der Waals surface area contributed by atoms with E-state index in [1.807, 2.05) is 11.0 Å². The molecule has 3 aliphatic heterocycles. The molecule has 0 radical (unpaired) electrons. The van der Waals surface area contributed by atoms with E-state index in [1.165, 1.54) is 19.3 Å². The van der Waals surface area contributed by atoms with Gasteiger partial charge in [-0.1, -0.05) is 18.6 Å². The van der Waals surface area contributed by atoms with Crippen LogP contribution in [0, 0.1) is 0 Å². The molecule has 0 saturated carbocycles. The summed E-state index contributed by atoms with van der Waals surface area (Å²) < 4.78 is 28.7. The first kappa shape index (κ1) is 20.3. The zero-order chi connectivity index (χ0) is 20.4. The van der Waals surface area contributed by atoms with Crippen molar-refractivity contribution >= 4 is 21.8 Å². The number of amides is 1. The Morgan fingerprint density at radius 2 is 2.00 bits per heavy atom. The number of hydrogen-bond acceptors (Lipinski definition) is 5. The molecule has 29 heavy (non-hydrogen) atoms. The van der Waals surface area contributed by atoms with Gasteiger partial charge in [-0.15, -0.1) is 4.40 Å². The molecule has 7 nitrogen and oxygen atoms in total. The number of amidine groups is 1. The predicted molar refractivity (Wildman–Crippen MR) is 112 cm³/mol. The van der Waals surface area contributed by atoms with E-state index in [1.54, 1.807) is 18.2 Å². The Morgan fingerprint density at radius 3 is 2.83 bits per heavy atom. The minimum absolute atomic E-state index is 0.0290. The van der Waals surface area contributed by atoms with E-state index in [4.69, 9.17) is 0 Å². The molecule has 2 fully saturated rings. The quantitative estimate of drug-likeness (QED) is 0.740. The van der Waals surface area contributed by atoms with Crippen LogP contribution in [0.2, 0.25) is 0 Å². The summed E-state index contributed by atoms with van der Waals surface area (Å²) in [5, 5.41) is 3.07. The summed E-state index contributed by atoms with van der Waals surface area (Å²) in [7, 11) is -3.67. The van der Waals surface area contributed by atoms with Crippen molar-refractivity contribution in [2.24, 2.45) is 4.40 Å². The number of likely N-dealkylation sites (tertiary alicyclic amines) is 2. The zero-order valence-electron chi connectivity index (χ0n) is 17.0. The van der Waals surface area contributed by atoms with Crippen LogP contribution in [-0.2, 0) is 14.8 Å². The predicted octanol–water partition coefficient (Wildman–Crippen LogP) is 1.98. The molecule has 0 unspecified atom stereocenters. The monoisotopic (exact) mass is 418 g/mol. The SMILES string of the molecule is C[C@@H]1CCCCN1CCCNC(=O)[C@@H]1CCCN1C1=NS(=O)(=O)c2ccccc21. The maximum Gasteiger partial charge on any atom is 0.285 e. The summed E-state index contributed by atoms with van der Waals surface area (Å²) in [6.07, 6.45) is 6.34. The van der Waals surface area contributed by atoms with E-state index in [-0.39, 0.29) is 16.8 Å². The van der Waals surface area contributed by atoms with Crippen molar-refractivity contribution in [2.45, 2.75) is 62.4 Å². The van der Waals surface area contributed by atoms with E-state index in [0.717, 1.165) is 32.4 Å². The number of piperidine rings is 1. The van der Waals surface area contributed by atoms with Crippen molar-refractivity contribution in [3.05, 3.63) is 29.8 Å². The second-order valence-electron chi connectivity index (χ2n) is 8.26. The van der Waals surface area contributed by atoms with E-state index in [2.05, 4.69) is 21.5 Å². The smallest absolute Gasteiger partial charge is 0.285 e. The molecule has 2 atom stereocenters. The van der Waals surface area contributed by atoms with Crippen LogP contribution in [0.5, 0.6) is 0 Å². The number of hydrogen-bond donors (Lipinski definition) is 1. The van der Waals surface area contributed by atoms with Gasteiger partial charge >= 0.3 is 0 Å². The van der Waals surface area contributed by atoms with E-state index in [9.17, 15) is 13.2 Å². The molecule has 0 bridgehead atoms. The third kappa shape index (κ3) is 4.19. The third-order valence-corrected chi connectivity index (χ3v) is 7.63. The summed E-state index contributed by atoms with van der Waals surface area (Å²) in [6.45, 7) is 5.73. The van der Waals surface area contributed by atoms with E-state index >= 15 is 0 Å². The number of carbonyl (C=O) groups is 1. The summed E-state index contributed by atoms with van der Waals surface area (Å²) in [5.41, 5.74) is 0.603. The molecule has 1 aromatic rings. The fourth-order valence-corrected chi connectivity index (χ4v) is 5.91. The van der Waals surface area contributed by atoms with Crippen molar-refractivity contribution in [1.29, 1.82) is 0 Å². The van der Waals surface area contributed by atoms with Gasteiger partial charge in [0.25, 0.3) is 10.0 Å². The number of rotatable bonds is 5. The molecule has 0 aliphatic carbocycles. The second kappa shape index (κ2) is 8.44. The summed E-state index contributed by atoms with van der Waals surface area (Å²) in [6, 6.07) is 7.13. The van der Waals surface area contributed by atoms with Crippen LogP contribution in [0.1, 0.15) is 51.0 Å². The summed E-state index contributed by atoms with van der Waals surface area (Å²) >= 11 is 0. The minimum Gasteiger partial charge on any atom is -0.354 e. The highest BCUT2D eigenvalue weighted by atomic mass is 32.2. The van der Waals surface area contributed by atoms with Gasteiger partial charge in [0.1, 0.15) is 10.9 Å². The maximum absolute atomic E-state index is 12.8. The number of nitrogens with one attached hydrogen (secondary N) is 1. The molecule has 158 valence electrons. The van der Waals surface area contributed by atoms with Gasteiger partial charge in [0.05, 0.1) is 0 Å². The van der Waals surface area contributed by atoms with Crippen LogP contribution < -0.4 is 5.32 Å². The highest BCUT2D eigenvalue weighted by Crippen LogP contribution is 2.31. The highest BCUT2D eigenvalue weighted by Gasteiger charge is 2.39. The summed E-state index contributed by atoms with van der Waals surface area (Å²) in [5.74, 6) is 0.388. The van der Waals surface area contributed by atoms with Gasteiger partial charge in [0, 0.05) is 31.2 Å². The zero-order valence-corrected chi connectivity index (χ0v) is 17.8. The Morgan fingerprint density at radius 1 is 1.17 bits per heavy atom. The van der Waals surface area contributed by atoms with Crippen LogP contribution in [0.15, 0.2) is 33.6 Å². The Hall–Kier alpha value is -1.93. The topological polar surface area (TPSA) is 82.1 Å². The van der Waals surface area contributed by atoms with Crippen LogP contribution in [0.4, 0.5) is 0 Å². The fourth-order valence-electron chi connectivity index (χ4n) is 4.69. The lowest BCUT2D eigenvalue weighted by molar-refractivity contribution is -0.124. The Balaban J connectivity index is 1.36. The van der Waals surface area contributed by atoms with Crippen molar-refractivity contribution < 1.29 is 13.2 Å². The molecule has 0 aromatic heterocycles. The lowest BCUT2D eigenvalue weighted by Crippen LogP contribution is -2.46. The lowest BCUT2D eigenvalue weighted by Gasteiger charge is -2.33. The molecule has 1 aromatic carbocycles. The molecule has 3 heterocycles. The van der Waals surface area contributed by atoms with Gasteiger partial charge in [-0.3, -0.25) is 4.79 Å². The van der Waals surface area contributed by atoms with Crippen LogP contribution >= 0.6 is 0 Å². The van der Waals surface area contributed by atoms with Gasteiger partial charge in [0.2, 0.25) is 5.91 Å². The number of benzene rings is 1. The second-order valence-corrected chi connectivity index (χ2v) is 9.84. The maximum atomic E-state index is 12.8. The first-order chi connectivity index (χ1) is 14.0. The van der Waals surface area contributed by atoms with Gasteiger partial charge in [-0.05, 0) is 57.7 Å². The van der Waals surface area contributed by atoms with Gasteiger partial charge in [-0.25, -0.2) is 0 Å². The molecular weight excluding hydrogens is 388 g/mol. The summed E-state index contributed by atoms with van der Waals surface area (Å²) in [4.78, 5) is 17.4. The number of carbonyl (C=O) groups excluding carboxylic acids is 1. The molecule has 0 spiro atoms. The normalized spacial score (nSPS) is 26.2. The number of sulfonamides is 1. The van der Waals surface area contributed by atoms with Gasteiger partial charge < -0.3 is 15.1 Å². The van der Waals surface area contributed by atoms with E-state index in [0.29, 0.717) is 30.5 Å². The van der Waals surface area contributed by atoms with Crippen molar-refractivity contribution in [3.63, 3.8) is 0 Å². The molecular formula is C21H30N4O3S. The average molecular weight is 419 g/mol. The van der Waals surface area contributed by atoms with Gasteiger partial charge in [-0.2, -0.15) is 8.42 Å². The first-order valence-electron chi connectivity index (χ1n) is 10.7. The number of nitrogens with zero attached hydrogens (tertiary/aromatic N) is 3. The molecule has 8 heteroatoms. The molecule has 4 rings (SSSR count). The van der Waals surface area contributed by atoms with E-state index < -0.39 is 10.0 Å². The average Bonchev–Trinajstić information content (AvgIpc) is 3.29. The van der Waals surface area contributed by atoms with Crippen LogP contribution in [0.25, 0.3) is 0 Å². The number of fused-ring (bicyclic) bond motifs is 1. The van der Waals surface area contributed by atoms with Crippen molar-refractivity contribution in [3.8, 4) is 0 Å². The molecule has 1 N–H and O–H groups in total.